The van der Waals surface area contributed by atoms with Crippen molar-refractivity contribution >= 4 is 16.9 Å². The summed E-state index contributed by atoms with van der Waals surface area (Å²) < 4.78 is 5.22. The molecule has 5 nitrogen and oxygen atoms in total. The molecule has 2 aromatic carbocycles. The highest BCUT2D eigenvalue weighted by Crippen LogP contribution is 2.22. The molecule has 2 N–H and O–H groups in total. The van der Waals surface area contributed by atoms with Gasteiger partial charge < -0.3 is 15.0 Å². The topological polar surface area (TPSA) is 67.0 Å². The molecule has 136 valence electrons. The fourth-order valence-corrected chi connectivity index (χ4v) is 2.81. The van der Waals surface area contributed by atoms with Crippen molar-refractivity contribution < 1.29 is 9.53 Å². The monoisotopic (exact) mass is 351 g/mol. The first-order valence-electron chi connectivity index (χ1n) is 8.78. The van der Waals surface area contributed by atoms with Crippen molar-refractivity contribution in [3.05, 3.63) is 59.4 Å². The van der Waals surface area contributed by atoms with Crippen LogP contribution in [0.4, 0.5) is 0 Å². The van der Waals surface area contributed by atoms with Crippen molar-refractivity contribution in [1.82, 2.24) is 15.3 Å². The van der Waals surface area contributed by atoms with Crippen LogP contribution in [-0.4, -0.2) is 29.5 Å². The van der Waals surface area contributed by atoms with Crippen LogP contribution in [0.5, 0.6) is 5.75 Å². The Kier molecular flexibility index (Phi) is 4.98. The summed E-state index contributed by atoms with van der Waals surface area (Å²) in [6.45, 7) is 7.00. The van der Waals surface area contributed by atoms with Gasteiger partial charge in [0.15, 0.2) is 0 Å². The van der Waals surface area contributed by atoms with Crippen LogP contribution in [0.2, 0.25) is 0 Å². The van der Waals surface area contributed by atoms with Crippen LogP contribution < -0.4 is 10.1 Å². The Labute approximate surface area is 153 Å². The van der Waals surface area contributed by atoms with E-state index >= 15 is 0 Å². The number of rotatable bonds is 5. The van der Waals surface area contributed by atoms with E-state index in [-0.39, 0.29) is 11.3 Å². The number of imidazole rings is 1. The number of hydrogen-bond donors (Lipinski definition) is 2. The first-order chi connectivity index (χ1) is 12.4. The highest BCUT2D eigenvalue weighted by atomic mass is 16.5. The maximum absolute atomic E-state index is 12.3. The van der Waals surface area contributed by atoms with Crippen molar-refractivity contribution in [2.75, 3.05) is 13.7 Å². The van der Waals surface area contributed by atoms with Gasteiger partial charge in [-0.15, -0.1) is 0 Å². The van der Waals surface area contributed by atoms with Crippen LogP contribution in [-0.2, 0) is 11.8 Å². The van der Waals surface area contributed by atoms with Gasteiger partial charge in [-0.1, -0.05) is 32.9 Å². The van der Waals surface area contributed by atoms with Crippen LogP contribution in [0.1, 0.15) is 42.5 Å². The van der Waals surface area contributed by atoms with Crippen LogP contribution in [0.25, 0.3) is 11.0 Å². The van der Waals surface area contributed by atoms with Gasteiger partial charge in [0, 0.05) is 24.6 Å². The molecule has 3 rings (SSSR count). The Morgan fingerprint density at radius 3 is 2.54 bits per heavy atom. The lowest BCUT2D eigenvalue weighted by Crippen LogP contribution is -2.26. The number of nitrogens with one attached hydrogen (secondary N) is 2. The SMILES string of the molecule is COc1ccc2nc(CCNC(=O)c3ccc(C(C)(C)C)cc3)[nH]c2c1. The molecule has 0 bridgehead atoms. The highest BCUT2D eigenvalue weighted by Gasteiger charge is 2.14. The average molecular weight is 351 g/mol. The van der Waals surface area contributed by atoms with E-state index in [4.69, 9.17) is 4.74 Å². The second-order valence-electron chi connectivity index (χ2n) is 7.40. The molecule has 0 atom stereocenters. The quantitative estimate of drug-likeness (QED) is 0.734. The number of amides is 1. The van der Waals surface area contributed by atoms with Crippen molar-refractivity contribution in [2.45, 2.75) is 32.6 Å². The molecule has 0 aliphatic heterocycles. The molecule has 0 fully saturated rings. The second kappa shape index (κ2) is 7.20. The Hall–Kier alpha value is -2.82. The lowest BCUT2D eigenvalue weighted by Gasteiger charge is -2.19. The van der Waals surface area contributed by atoms with E-state index in [1.165, 1.54) is 5.56 Å². The molecule has 26 heavy (non-hydrogen) atoms. The van der Waals surface area contributed by atoms with Crippen molar-refractivity contribution in [1.29, 1.82) is 0 Å². The lowest BCUT2D eigenvalue weighted by molar-refractivity contribution is 0.0954. The number of benzene rings is 2. The van der Waals surface area contributed by atoms with Crippen molar-refractivity contribution in [3.63, 3.8) is 0 Å². The fraction of sp³-hybridized carbons (Fsp3) is 0.333. The summed E-state index contributed by atoms with van der Waals surface area (Å²) in [7, 11) is 1.64. The summed E-state index contributed by atoms with van der Waals surface area (Å²) in [5.74, 6) is 1.57. The molecule has 0 aliphatic rings. The minimum absolute atomic E-state index is 0.0664. The summed E-state index contributed by atoms with van der Waals surface area (Å²) in [6, 6.07) is 13.5. The molecule has 0 spiro atoms. The molecule has 1 heterocycles. The normalized spacial score (nSPS) is 11.5. The van der Waals surface area contributed by atoms with Gasteiger partial charge in [0.1, 0.15) is 11.6 Å². The van der Waals surface area contributed by atoms with E-state index in [1.807, 2.05) is 42.5 Å². The van der Waals surface area contributed by atoms with Gasteiger partial charge >= 0.3 is 0 Å². The van der Waals surface area contributed by atoms with E-state index in [1.54, 1.807) is 7.11 Å². The van der Waals surface area contributed by atoms with Gasteiger partial charge in [-0.3, -0.25) is 4.79 Å². The minimum Gasteiger partial charge on any atom is -0.497 e. The molecular formula is C21H25N3O2. The van der Waals surface area contributed by atoms with E-state index < -0.39 is 0 Å². The average Bonchev–Trinajstić information content (AvgIpc) is 3.02. The zero-order chi connectivity index (χ0) is 18.7. The van der Waals surface area contributed by atoms with Crippen molar-refractivity contribution in [3.8, 4) is 5.75 Å². The summed E-state index contributed by atoms with van der Waals surface area (Å²) in [4.78, 5) is 20.1. The largest absolute Gasteiger partial charge is 0.497 e. The number of methoxy groups -OCH3 is 1. The Morgan fingerprint density at radius 1 is 1.15 bits per heavy atom. The van der Waals surface area contributed by atoms with Gasteiger partial charge in [0.05, 0.1) is 18.1 Å². The maximum atomic E-state index is 12.3. The van der Waals surface area contributed by atoms with Gasteiger partial charge in [-0.05, 0) is 35.2 Å². The summed E-state index contributed by atoms with van der Waals surface area (Å²) >= 11 is 0. The number of ether oxygens (including phenoxy) is 1. The highest BCUT2D eigenvalue weighted by molar-refractivity contribution is 5.94. The zero-order valence-corrected chi connectivity index (χ0v) is 15.7. The number of aromatic nitrogens is 2. The predicted molar refractivity (Wildman–Crippen MR) is 104 cm³/mol. The molecule has 5 heteroatoms. The number of nitrogens with zero attached hydrogens (tertiary/aromatic N) is 1. The predicted octanol–water partition coefficient (Wildman–Crippen LogP) is 3.84. The smallest absolute Gasteiger partial charge is 0.251 e. The van der Waals surface area contributed by atoms with Gasteiger partial charge in [-0.2, -0.15) is 0 Å². The third kappa shape index (κ3) is 4.04. The molecule has 1 aromatic heterocycles. The van der Waals surface area contributed by atoms with Crippen LogP contribution in [0.3, 0.4) is 0 Å². The lowest BCUT2D eigenvalue weighted by atomic mass is 9.87. The van der Waals surface area contributed by atoms with E-state index in [0.717, 1.165) is 22.6 Å². The molecule has 0 unspecified atom stereocenters. The number of carbonyl (C=O) groups is 1. The molecular weight excluding hydrogens is 326 g/mol. The molecule has 0 saturated carbocycles. The Balaban J connectivity index is 1.58. The summed E-state index contributed by atoms with van der Waals surface area (Å²) in [5.41, 5.74) is 3.80. The fourth-order valence-electron chi connectivity index (χ4n) is 2.81. The Morgan fingerprint density at radius 2 is 1.88 bits per heavy atom. The molecule has 0 radical (unpaired) electrons. The summed E-state index contributed by atoms with van der Waals surface area (Å²) in [5, 5.41) is 2.95. The van der Waals surface area contributed by atoms with Gasteiger partial charge in [-0.25, -0.2) is 4.98 Å². The number of H-pyrrole nitrogens is 1. The number of aromatic amines is 1. The van der Waals surface area contributed by atoms with Crippen LogP contribution >= 0.6 is 0 Å². The molecule has 0 aliphatic carbocycles. The maximum Gasteiger partial charge on any atom is 0.251 e. The van der Waals surface area contributed by atoms with Crippen molar-refractivity contribution in [2.24, 2.45) is 0 Å². The van der Waals surface area contributed by atoms with E-state index in [2.05, 4.69) is 36.1 Å². The first-order valence-corrected chi connectivity index (χ1v) is 8.78. The third-order valence-corrected chi connectivity index (χ3v) is 4.40. The standard InChI is InChI=1S/C21H25N3O2/c1-21(2,3)15-7-5-14(6-8-15)20(25)22-12-11-19-23-17-10-9-16(26-4)13-18(17)24-19/h5-10,13H,11-12H2,1-4H3,(H,22,25)(H,23,24). The summed E-state index contributed by atoms with van der Waals surface area (Å²) in [6.07, 6.45) is 0.642. The van der Waals surface area contributed by atoms with E-state index in [0.29, 0.717) is 18.5 Å². The van der Waals surface area contributed by atoms with Crippen LogP contribution in [0.15, 0.2) is 42.5 Å². The molecule has 3 aromatic rings. The van der Waals surface area contributed by atoms with Crippen LogP contribution in [0, 0.1) is 0 Å². The minimum atomic E-state index is -0.0664. The first kappa shape index (κ1) is 18.0. The molecule has 0 saturated heterocycles. The number of carbonyl (C=O) groups excluding carboxylic acids is 1. The van der Waals surface area contributed by atoms with Gasteiger partial charge in [0.25, 0.3) is 5.91 Å². The Bertz CT molecular complexity index is 905. The van der Waals surface area contributed by atoms with E-state index in [9.17, 15) is 4.79 Å². The number of hydrogen-bond acceptors (Lipinski definition) is 3. The second-order valence-corrected chi connectivity index (χ2v) is 7.40. The molecule has 1 amide bonds. The third-order valence-electron chi connectivity index (χ3n) is 4.40. The zero-order valence-electron chi connectivity index (χ0n) is 15.7. The number of fused-ring (bicyclic) bond motifs is 1. The van der Waals surface area contributed by atoms with Gasteiger partial charge in [0.2, 0.25) is 0 Å².